The van der Waals surface area contributed by atoms with Crippen LogP contribution in [0.5, 0.6) is 0 Å². The van der Waals surface area contributed by atoms with Gasteiger partial charge >= 0.3 is 0 Å². The molecular formula is C15H21BrFNO2. The maximum atomic E-state index is 13.5. The number of hydrogen-bond donors (Lipinski definition) is 1. The molecule has 1 fully saturated rings. The van der Waals surface area contributed by atoms with Crippen LogP contribution in [0.15, 0.2) is 22.7 Å². The van der Waals surface area contributed by atoms with Crippen LogP contribution in [0, 0.1) is 11.2 Å². The van der Waals surface area contributed by atoms with Crippen molar-refractivity contribution < 1.29 is 13.9 Å². The van der Waals surface area contributed by atoms with Crippen LogP contribution in [0.25, 0.3) is 0 Å². The first kappa shape index (κ1) is 15.9. The van der Waals surface area contributed by atoms with Crippen LogP contribution in [-0.2, 0) is 15.9 Å². The zero-order valence-electron chi connectivity index (χ0n) is 11.8. The van der Waals surface area contributed by atoms with Crippen LogP contribution in [0.2, 0.25) is 0 Å². The summed E-state index contributed by atoms with van der Waals surface area (Å²) in [5.74, 6) is -0.198. The Morgan fingerprint density at radius 2 is 2.30 bits per heavy atom. The van der Waals surface area contributed by atoms with Crippen molar-refractivity contribution in [1.82, 2.24) is 5.32 Å². The SMILES string of the molecule is COCCNCC1(Cc2cc(F)cc(Br)c2)CCOC1. The lowest BCUT2D eigenvalue weighted by Crippen LogP contribution is -2.38. The van der Waals surface area contributed by atoms with E-state index in [1.165, 1.54) is 6.07 Å². The van der Waals surface area contributed by atoms with Crippen molar-refractivity contribution in [2.45, 2.75) is 12.8 Å². The molecule has 1 aromatic carbocycles. The zero-order chi connectivity index (χ0) is 14.4. The van der Waals surface area contributed by atoms with Gasteiger partial charge in [-0.3, -0.25) is 0 Å². The van der Waals surface area contributed by atoms with Crippen molar-refractivity contribution in [2.75, 3.05) is 40.0 Å². The van der Waals surface area contributed by atoms with Crippen LogP contribution in [0.1, 0.15) is 12.0 Å². The van der Waals surface area contributed by atoms with E-state index in [0.29, 0.717) is 6.61 Å². The summed E-state index contributed by atoms with van der Waals surface area (Å²) in [7, 11) is 1.69. The highest BCUT2D eigenvalue weighted by atomic mass is 79.9. The first-order valence-electron chi connectivity index (χ1n) is 6.86. The maximum absolute atomic E-state index is 13.5. The van der Waals surface area contributed by atoms with E-state index in [2.05, 4.69) is 21.2 Å². The minimum Gasteiger partial charge on any atom is -0.383 e. The van der Waals surface area contributed by atoms with Crippen molar-refractivity contribution >= 4 is 15.9 Å². The number of hydrogen-bond acceptors (Lipinski definition) is 3. The largest absolute Gasteiger partial charge is 0.383 e. The molecule has 5 heteroatoms. The first-order chi connectivity index (χ1) is 9.63. The molecule has 3 nitrogen and oxygen atoms in total. The van der Waals surface area contributed by atoms with Gasteiger partial charge in [-0.2, -0.15) is 0 Å². The maximum Gasteiger partial charge on any atom is 0.124 e. The molecule has 0 bridgehead atoms. The molecule has 1 unspecified atom stereocenters. The molecule has 1 aromatic rings. The van der Waals surface area contributed by atoms with Crippen LogP contribution in [0.3, 0.4) is 0 Å². The molecule has 0 amide bonds. The lowest BCUT2D eigenvalue weighted by Gasteiger charge is -2.28. The van der Waals surface area contributed by atoms with Gasteiger partial charge in [-0.1, -0.05) is 15.9 Å². The summed E-state index contributed by atoms with van der Waals surface area (Å²) >= 11 is 3.35. The highest BCUT2D eigenvalue weighted by molar-refractivity contribution is 9.10. The Morgan fingerprint density at radius 3 is 2.95 bits per heavy atom. The van der Waals surface area contributed by atoms with Gasteiger partial charge < -0.3 is 14.8 Å². The first-order valence-corrected chi connectivity index (χ1v) is 7.65. The third-order valence-corrected chi connectivity index (χ3v) is 4.13. The fraction of sp³-hybridized carbons (Fsp3) is 0.600. The summed E-state index contributed by atoms with van der Waals surface area (Å²) in [4.78, 5) is 0. The molecule has 112 valence electrons. The molecule has 2 rings (SSSR count). The summed E-state index contributed by atoms with van der Waals surface area (Å²) in [6, 6.07) is 5.08. The van der Waals surface area contributed by atoms with Crippen LogP contribution >= 0.6 is 15.9 Å². The summed E-state index contributed by atoms with van der Waals surface area (Å²) in [6.45, 7) is 3.89. The predicted octanol–water partition coefficient (Wildman–Crippen LogP) is 2.77. The summed E-state index contributed by atoms with van der Waals surface area (Å²) in [6.07, 6.45) is 1.82. The average molecular weight is 346 g/mol. The van der Waals surface area contributed by atoms with Gasteiger partial charge in [0.1, 0.15) is 5.82 Å². The second-order valence-electron chi connectivity index (χ2n) is 5.43. The minimum absolute atomic E-state index is 0.0565. The Labute approximate surface area is 128 Å². The molecule has 0 saturated carbocycles. The van der Waals surface area contributed by atoms with Gasteiger partial charge in [-0.25, -0.2) is 4.39 Å². The van der Waals surface area contributed by atoms with Gasteiger partial charge in [0.2, 0.25) is 0 Å². The third-order valence-electron chi connectivity index (χ3n) is 3.67. The van der Waals surface area contributed by atoms with Gasteiger partial charge in [0.05, 0.1) is 13.2 Å². The third kappa shape index (κ3) is 4.52. The average Bonchev–Trinajstić information content (AvgIpc) is 2.82. The topological polar surface area (TPSA) is 30.5 Å². The van der Waals surface area contributed by atoms with Crippen molar-refractivity contribution in [3.63, 3.8) is 0 Å². The Hall–Kier alpha value is -0.490. The number of benzene rings is 1. The zero-order valence-corrected chi connectivity index (χ0v) is 13.3. The Balaban J connectivity index is 2.00. The molecule has 1 heterocycles. The van der Waals surface area contributed by atoms with Crippen molar-refractivity contribution in [1.29, 1.82) is 0 Å². The quantitative estimate of drug-likeness (QED) is 0.771. The minimum atomic E-state index is -0.198. The Kier molecular flexibility index (Phi) is 5.96. The standard InChI is InChI=1S/C15H21BrFNO2/c1-19-5-3-18-10-15(2-4-20-11-15)9-12-6-13(16)8-14(17)7-12/h6-8,18H,2-5,9-11H2,1H3. The summed E-state index contributed by atoms with van der Waals surface area (Å²) in [5, 5.41) is 3.41. The van der Waals surface area contributed by atoms with Crippen molar-refractivity contribution in [3.8, 4) is 0 Å². The molecule has 1 aliphatic rings. The lowest BCUT2D eigenvalue weighted by atomic mass is 9.81. The fourth-order valence-electron chi connectivity index (χ4n) is 2.66. The van der Waals surface area contributed by atoms with E-state index in [9.17, 15) is 4.39 Å². The molecule has 0 aromatic heterocycles. The highest BCUT2D eigenvalue weighted by Crippen LogP contribution is 2.33. The molecule has 1 N–H and O–H groups in total. The molecule has 1 atom stereocenters. The van der Waals surface area contributed by atoms with E-state index in [0.717, 1.165) is 49.2 Å². The van der Waals surface area contributed by atoms with Crippen molar-refractivity contribution in [2.24, 2.45) is 5.41 Å². The molecule has 0 spiro atoms. The normalized spacial score (nSPS) is 22.4. The molecule has 20 heavy (non-hydrogen) atoms. The van der Waals surface area contributed by atoms with Gasteiger partial charge in [0.15, 0.2) is 0 Å². The number of halogens is 2. The van der Waals surface area contributed by atoms with E-state index < -0.39 is 0 Å². The van der Waals surface area contributed by atoms with Crippen LogP contribution in [-0.4, -0.2) is 40.0 Å². The van der Waals surface area contributed by atoms with Gasteiger partial charge in [0, 0.05) is 36.7 Å². The highest BCUT2D eigenvalue weighted by Gasteiger charge is 2.34. The molecule has 0 radical (unpaired) electrons. The van der Waals surface area contributed by atoms with E-state index in [1.54, 1.807) is 13.2 Å². The van der Waals surface area contributed by atoms with Crippen LogP contribution < -0.4 is 5.32 Å². The second-order valence-corrected chi connectivity index (χ2v) is 6.34. The molecule has 0 aliphatic carbocycles. The fourth-order valence-corrected chi connectivity index (χ4v) is 3.18. The van der Waals surface area contributed by atoms with E-state index in [1.807, 2.05) is 6.07 Å². The monoisotopic (exact) mass is 345 g/mol. The van der Waals surface area contributed by atoms with E-state index in [4.69, 9.17) is 9.47 Å². The number of nitrogens with one attached hydrogen (secondary N) is 1. The lowest BCUT2D eigenvalue weighted by molar-refractivity contribution is 0.145. The van der Waals surface area contributed by atoms with Gasteiger partial charge in [-0.05, 0) is 36.6 Å². The summed E-state index contributed by atoms with van der Waals surface area (Å²) in [5.41, 5.74) is 1.07. The second kappa shape index (κ2) is 7.50. The van der Waals surface area contributed by atoms with Gasteiger partial charge in [0.25, 0.3) is 0 Å². The Morgan fingerprint density at radius 1 is 1.45 bits per heavy atom. The van der Waals surface area contributed by atoms with E-state index in [-0.39, 0.29) is 11.2 Å². The van der Waals surface area contributed by atoms with Crippen molar-refractivity contribution in [3.05, 3.63) is 34.1 Å². The Bertz CT molecular complexity index is 416. The molecular weight excluding hydrogens is 325 g/mol. The summed E-state index contributed by atoms with van der Waals surface area (Å²) < 4.78 is 24.9. The number of rotatable bonds is 7. The smallest absolute Gasteiger partial charge is 0.124 e. The molecule has 1 aliphatic heterocycles. The number of ether oxygens (including phenoxy) is 2. The van der Waals surface area contributed by atoms with E-state index >= 15 is 0 Å². The molecule has 1 saturated heterocycles. The van der Waals surface area contributed by atoms with Gasteiger partial charge in [-0.15, -0.1) is 0 Å². The number of methoxy groups -OCH3 is 1. The predicted molar refractivity (Wildman–Crippen MR) is 80.4 cm³/mol. The van der Waals surface area contributed by atoms with Crippen LogP contribution in [0.4, 0.5) is 4.39 Å².